The number of hydrogen-bond acceptors (Lipinski definition) is 6. The average Bonchev–Trinajstić information content (AvgIpc) is 2.90. The Labute approximate surface area is 216 Å². The van der Waals surface area contributed by atoms with E-state index in [-0.39, 0.29) is 16.5 Å². The minimum atomic E-state index is -0.708. The van der Waals surface area contributed by atoms with Crippen molar-refractivity contribution in [2.45, 2.75) is 6.92 Å². The molecule has 0 aliphatic carbocycles. The predicted octanol–water partition coefficient (Wildman–Crippen LogP) is 3.85. The minimum absolute atomic E-state index is 0.192. The van der Waals surface area contributed by atoms with Crippen LogP contribution in [-0.2, 0) is 14.1 Å². The Kier molecular flexibility index (Phi) is 7.08. The van der Waals surface area contributed by atoms with Crippen LogP contribution in [0.4, 0.5) is 5.69 Å². The van der Waals surface area contributed by atoms with Crippen LogP contribution < -0.4 is 21.3 Å². The minimum Gasteiger partial charge on any atom is -0.480 e. The lowest BCUT2D eigenvalue weighted by Crippen LogP contribution is -2.40. The molecule has 10 heteroatoms. The first-order valence-corrected chi connectivity index (χ1v) is 11.5. The highest BCUT2D eigenvalue weighted by Gasteiger charge is 2.19. The zero-order valence-corrected chi connectivity index (χ0v) is 21.3. The van der Waals surface area contributed by atoms with Gasteiger partial charge in [-0.05, 0) is 36.2 Å². The van der Waals surface area contributed by atoms with Gasteiger partial charge in [-0.1, -0.05) is 41.9 Å². The number of carbonyl (C=O) groups excluding carboxylic acids is 2. The second-order valence-corrected chi connectivity index (χ2v) is 8.69. The largest absolute Gasteiger partial charge is 0.480 e. The van der Waals surface area contributed by atoms with Crippen molar-refractivity contribution >= 4 is 29.5 Å². The van der Waals surface area contributed by atoms with E-state index in [1.807, 2.05) is 31.2 Å². The van der Waals surface area contributed by atoms with E-state index in [1.165, 1.54) is 27.4 Å². The molecule has 188 valence electrons. The Bertz CT molecular complexity index is 1670. The number of aromatic nitrogens is 3. The Morgan fingerprint density at radius 1 is 1.03 bits per heavy atom. The third-order valence-corrected chi connectivity index (χ3v) is 6.46. The number of methoxy groups -OCH3 is 1. The van der Waals surface area contributed by atoms with Crippen molar-refractivity contribution in [1.29, 1.82) is 0 Å². The normalized spacial score (nSPS) is 10.7. The fourth-order valence-electron chi connectivity index (χ4n) is 4.05. The summed E-state index contributed by atoms with van der Waals surface area (Å²) in [4.78, 5) is 53.1. The molecule has 0 saturated carbocycles. The Balaban J connectivity index is 1.74. The molecule has 0 spiro atoms. The molecule has 0 radical (unpaired) electrons. The molecule has 0 saturated heterocycles. The van der Waals surface area contributed by atoms with Crippen molar-refractivity contribution in [2.75, 3.05) is 12.4 Å². The summed E-state index contributed by atoms with van der Waals surface area (Å²) >= 11 is 6.73. The summed E-state index contributed by atoms with van der Waals surface area (Å²) in [7, 11) is 4.22. The van der Waals surface area contributed by atoms with E-state index in [0.717, 1.165) is 25.8 Å². The highest BCUT2D eigenvalue weighted by molar-refractivity contribution is 6.36. The summed E-state index contributed by atoms with van der Waals surface area (Å²) in [6, 6.07) is 14.2. The number of ether oxygens (including phenoxy) is 1. The molecule has 0 aliphatic heterocycles. The first kappa shape index (κ1) is 25.6. The van der Waals surface area contributed by atoms with Gasteiger partial charge in [-0.3, -0.25) is 19.0 Å². The van der Waals surface area contributed by atoms with Crippen LogP contribution in [-0.4, -0.2) is 33.4 Å². The molecule has 2 aromatic heterocycles. The third kappa shape index (κ3) is 4.68. The average molecular weight is 519 g/mol. The number of halogens is 1. The summed E-state index contributed by atoms with van der Waals surface area (Å²) in [5.74, 6) is -0.461. The van der Waals surface area contributed by atoms with Crippen LogP contribution in [0.1, 0.15) is 26.3 Å². The van der Waals surface area contributed by atoms with Crippen molar-refractivity contribution in [3.05, 3.63) is 97.3 Å². The first-order valence-electron chi connectivity index (χ1n) is 11.1. The molecule has 4 rings (SSSR count). The van der Waals surface area contributed by atoms with E-state index in [0.29, 0.717) is 28.8 Å². The molecule has 1 N–H and O–H groups in total. The Morgan fingerprint density at radius 2 is 1.70 bits per heavy atom. The Morgan fingerprint density at radius 3 is 2.41 bits per heavy atom. The van der Waals surface area contributed by atoms with Gasteiger partial charge in [-0.25, -0.2) is 9.78 Å². The van der Waals surface area contributed by atoms with Crippen molar-refractivity contribution in [2.24, 2.45) is 14.1 Å². The summed E-state index contributed by atoms with van der Waals surface area (Å²) in [5.41, 5.74) is 2.97. The van der Waals surface area contributed by atoms with Gasteiger partial charge in [-0.15, -0.1) is 0 Å². The zero-order valence-electron chi connectivity index (χ0n) is 20.5. The summed E-state index contributed by atoms with van der Waals surface area (Å²) in [6.45, 7) is 1.92. The quantitative estimate of drug-likeness (QED) is 0.388. The van der Waals surface area contributed by atoms with Gasteiger partial charge in [0.05, 0.1) is 29.1 Å². The molecular formula is C27H23ClN4O5. The summed E-state index contributed by atoms with van der Waals surface area (Å²) in [6.07, 6.45) is 1.88. The molecule has 2 aromatic carbocycles. The number of carbonyl (C=O) groups is 2. The van der Waals surface area contributed by atoms with Crippen LogP contribution in [0.15, 0.2) is 64.3 Å². The molecule has 0 unspecified atom stereocenters. The summed E-state index contributed by atoms with van der Waals surface area (Å²) < 4.78 is 7.27. The van der Waals surface area contributed by atoms with E-state index in [9.17, 15) is 19.2 Å². The number of nitrogens with zero attached hydrogens (tertiary/aromatic N) is 3. The highest BCUT2D eigenvalue weighted by atomic mass is 35.5. The van der Waals surface area contributed by atoms with E-state index in [2.05, 4.69) is 10.3 Å². The Hall–Kier alpha value is -4.50. The number of hydrogen-bond donors (Lipinski definition) is 1. The van der Waals surface area contributed by atoms with Crippen LogP contribution in [0.25, 0.3) is 22.4 Å². The smallest absolute Gasteiger partial charge is 0.330 e. The molecule has 0 fully saturated rings. The van der Waals surface area contributed by atoms with Crippen LogP contribution in [0, 0.1) is 6.92 Å². The SMILES string of the molecule is COc1nc(-c2cccc(-c3cccc(NC(=O)c4cn(C)c(=O)n(C)c4=O)c3Cl)c2C)ccc1C=O. The van der Waals surface area contributed by atoms with Crippen LogP contribution in [0.2, 0.25) is 5.02 Å². The fourth-order valence-corrected chi connectivity index (χ4v) is 4.32. The fraction of sp³-hybridized carbons (Fsp3) is 0.148. The number of anilines is 1. The maximum Gasteiger partial charge on any atom is 0.330 e. The molecule has 0 aliphatic rings. The molecule has 4 aromatic rings. The number of aryl methyl sites for hydroxylation is 1. The number of benzene rings is 2. The van der Waals surface area contributed by atoms with Gasteiger partial charge in [0.25, 0.3) is 11.5 Å². The molecule has 2 heterocycles. The molecule has 0 atom stereocenters. The lowest BCUT2D eigenvalue weighted by atomic mass is 9.94. The maximum absolute atomic E-state index is 12.9. The van der Waals surface area contributed by atoms with Crippen molar-refractivity contribution in [3.63, 3.8) is 0 Å². The van der Waals surface area contributed by atoms with Crippen LogP contribution >= 0.6 is 11.6 Å². The number of rotatable bonds is 6. The van der Waals surface area contributed by atoms with E-state index in [4.69, 9.17) is 16.3 Å². The second-order valence-electron chi connectivity index (χ2n) is 8.31. The van der Waals surface area contributed by atoms with Gasteiger partial charge >= 0.3 is 5.69 Å². The van der Waals surface area contributed by atoms with Crippen LogP contribution in [0.3, 0.4) is 0 Å². The number of nitrogens with one attached hydrogen (secondary N) is 1. The van der Waals surface area contributed by atoms with Gasteiger partial charge in [0, 0.05) is 31.4 Å². The van der Waals surface area contributed by atoms with Gasteiger partial charge in [0.15, 0.2) is 6.29 Å². The molecule has 1 amide bonds. The molecule has 9 nitrogen and oxygen atoms in total. The van der Waals surface area contributed by atoms with Crippen molar-refractivity contribution in [3.8, 4) is 28.3 Å². The maximum atomic E-state index is 12.9. The topological polar surface area (TPSA) is 112 Å². The van der Waals surface area contributed by atoms with Gasteiger partial charge in [0.2, 0.25) is 5.88 Å². The number of aldehydes is 1. The monoisotopic (exact) mass is 518 g/mol. The van der Waals surface area contributed by atoms with E-state index >= 15 is 0 Å². The van der Waals surface area contributed by atoms with Crippen LogP contribution in [0.5, 0.6) is 5.88 Å². The lowest BCUT2D eigenvalue weighted by molar-refractivity contribution is 0.102. The zero-order chi connectivity index (χ0) is 26.9. The third-order valence-electron chi connectivity index (χ3n) is 6.05. The van der Waals surface area contributed by atoms with Gasteiger partial charge in [-0.2, -0.15) is 0 Å². The second kappa shape index (κ2) is 10.2. The predicted molar refractivity (Wildman–Crippen MR) is 142 cm³/mol. The molecule has 37 heavy (non-hydrogen) atoms. The van der Waals surface area contributed by atoms with Crippen molar-refractivity contribution < 1.29 is 14.3 Å². The molecular weight excluding hydrogens is 496 g/mol. The summed E-state index contributed by atoms with van der Waals surface area (Å²) in [5, 5.41) is 2.96. The molecule has 0 bridgehead atoms. The van der Waals surface area contributed by atoms with E-state index < -0.39 is 17.2 Å². The van der Waals surface area contributed by atoms with Crippen molar-refractivity contribution in [1.82, 2.24) is 14.1 Å². The van der Waals surface area contributed by atoms with Gasteiger partial charge in [0.1, 0.15) is 5.56 Å². The standard InChI is InChI=1S/C27H23ClN4O5/c1-15-17(7-5-8-18(15)21-12-11-16(14-33)25(30-21)37-4)19-9-6-10-22(23(19)28)29-24(34)20-13-31(2)27(36)32(3)26(20)35/h5-14H,1-4H3,(H,29,34). The highest BCUT2D eigenvalue weighted by Crippen LogP contribution is 2.38. The lowest BCUT2D eigenvalue weighted by Gasteiger charge is -2.16. The number of pyridine rings is 1. The van der Waals surface area contributed by atoms with Gasteiger partial charge < -0.3 is 14.6 Å². The number of amides is 1. The van der Waals surface area contributed by atoms with E-state index in [1.54, 1.807) is 24.3 Å². The first-order chi connectivity index (χ1) is 17.7.